The number of anilines is 1. The molecule has 2 aliphatic heterocycles. The summed E-state index contributed by atoms with van der Waals surface area (Å²) in [6, 6.07) is 1.70. The Morgan fingerprint density at radius 1 is 1.25 bits per heavy atom. The molecule has 2 fully saturated rings. The molecule has 2 saturated heterocycles. The largest absolute Gasteiger partial charge is 0.349 e. The van der Waals surface area contributed by atoms with Gasteiger partial charge in [-0.05, 0) is 0 Å². The summed E-state index contributed by atoms with van der Waals surface area (Å²) in [5.41, 5.74) is 0. The summed E-state index contributed by atoms with van der Waals surface area (Å²) in [5, 5.41) is 0.818. The fourth-order valence-corrected chi connectivity index (χ4v) is 4.27. The van der Waals surface area contributed by atoms with E-state index >= 15 is 0 Å². The van der Waals surface area contributed by atoms with Gasteiger partial charge in [0, 0.05) is 45.1 Å². The Labute approximate surface area is 174 Å². The summed E-state index contributed by atoms with van der Waals surface area (Å²) >= 11 is 7.45. The first-order valence-electron chi connectivity index (χ1n) is 9.25. The molecule has 1 amide bonds. The second-order valence-corrected chi connectivity index (χ2v) is 7.92. The number of rotatable bonds is 8. The summed E-state index contributed by atoms with van der Waals surface area (Å²) in [6.45, 7) is 11.3. The monoisotopic (exact) mass is 424 g/mol. The molecule has 7 nitrogen and oxygen atoms in total. The molecule has 1 aromatic heterocycles. The maximum Gasteiger partial charge on any atom is 0.233 e. The van der Waals surface area contributed by atoms with E-state index in [1.807, 2.05) is 9.80 Å². The molecule has 152 valence electrons. The van der Waals surface area contributed by atoms with Crippen molar-refractivity contribution in [2.45, 2.75) is 23.8 Å². The average molecular weight is 425 g/mol. The number of aromatic nitrogens is 2. The normalized spacial score (nSPS) is 18.2. The zero-order chi connectivity index (χ0) is 20.0. The second kappa shape index (κ2) is 9.73. The van der Waals surface area contributed by atoms with Crippen LogP contribution in [0.4, 0.5) is 5.82 Å². The molecule has 0 unspecified atom stereocenters. The number of carbonyl (C=O) groups is 1. The Morgan fingerprint density at radius 2 is 1.89 bits per heavy atom. The summed E-state index contributed by atoms with van der Waals surface area (Å²) in [7, 11) is 0. The van der Waals surface area contributed by atoms with E-state index in [9.17, 15) is 4.79 Å². The van der Waals surface area contributed by atoms with Crippen LogP contribution >= 0.6 is 23.4 Å². The molecule has 3 heterocycles. The maximum absolute atomic E-state index is 12.6. The predicted molar refractivity (Wildman–Crippen MR) is 111 cm³/mol. The van der Waals surface area contributed by atoms with Gasteiger partial charge in [-0.15, -0.1) is 13.2 Å². The first-order chi connectivity index (χ1) is 13.5. The van der Waals surface area contributed by atoms with Crippen molar-refractivity contribution < 1.29 is 14.3 Å². The van der Waals surface area contributed by atoms with Gasteiger partial charge >= 0.3 is 0 Å². The quantitative estimate of drug-likeness (QED) is 0.275. The smallest absolute Gasteiger partial charge is 0.233 e. The van der Waals surface area contributed by atoms with Gasteiger partial charge in [-0.3, -0.25) is 4.79 Å². The van der Waals surface area contributed by atoms with Crippen LogP contribution in [0.25, 0.3) is 0 Å². The van der Waals surface area contributed by atoms with Crippen molar-refractivity contribution in [3.63, 3.8) is 0 Å². The highest BCUT2D eigenvalue weighted by Crippen LogP contribution is 2.31. The van der Waals surface area contributed by atoms with Gasteiger partial charge in [0.1, 0.15) is 11.0 Å². The number of hydrogen-bond donors (Lipinski definition) is 0. The molecule has 0 saturated carbocycles. The fourth-order valence-electron chi connectivity index (χ4n) is 3.29. The van der Waals surface area contributed by atoms with Crippen LogP contribution in [0.1, 0.15) is 12.8 Å². The third-order valence-electron chi connectivity index (χ3n) is 4.70. The summed E-state index contributed by atoms with van der Waals surface area (Å²) in [6.07, 6.45) is 4.99. The Kier molecular flexibility index (Phi) is 7.34. The van der Waals surface area contributed by atoms with Crippen LogP contribution < -0.4 is 4.90 Å². The molecule has 0 bridgehead atoms. The first-order valence-corrected chi connectivity index (χ1v) is 10.6. The molecular weight excluding hydrogens is 400 g/mol. The molecule has 28 heavy (non-hydrogen) atoms. The SMILES string of the molecule is C=CCN(CC=C)c1cc(Cl)nc(SCC(=O)N2CCC3(CC2)OCCO3)n1. The number of piperidine rings is 1. The van der Waals surface area contributed by atoms with Crippen molar-refractivity contribution in [2.24, 2.45) is 0 Å². The van der Waals surface area contributed by atoms with Crippen molar-refractivity contribution in [2.75, 3.05) is 50.0 Å². The Bertz CT molecular complexity index is 707. The minimum Gasteiger partial charge on any atom is -0.349 e. The molecule has 0 atom stereocenters. The van der Waals surface area contributed by atoms with E-state index in [0.717, 1.165) is 0 Å². The van der Waals surface area contributed by atoms with Crippen LogP contribution in [0.15, 0.2) is 36.5 Å². The first kappa shape index (κ1) is 21.1. The van der Waals surface area contributed by atoms with Gasteiger partial charge in [-0.25, -0.2) is 9.97 Å². The van der Waals surface area contributed by atoms with Crippen molar-refractivity contribution in [1.82, 2.24) is 14.9 Å². The minimum atomic E-state index is -0.478. The van der Waals surface area contributed by atoms with Crippen LogP contribution in [0.3, 0.4) is 0 Å². The van der Waals surface area contributed by atoms with Gasteiger partial charge in [0.05, 0.1) is 19.0 Å². The number of thioether (sulfide) groups is 1. The number of hydrogen-bond acceptors (Lipinski definition) is 7. The number of amides is 1. The standard InChI is InChI=1S/C19H25ClN4O3S/c1-3-7-23(8-4-2)16-13-15(20)21-18(22-16)28-14-17(25)24-9-5-19(6-10-24)26-11-12-27-19/h3-4,13H,1-2,5-12,14H2. The van der Waals surface area contributed by atoms with E-state index in [1.54, 1.807) is 18.2 Å². The summed E-state index contributed by atoms with van der Waals surface area (Å²) in [5.74, 6) is 0.522. The molecule has 0 aliphatic carbocycles. The maximum atomic E-state index is 12.6. The van der Waals surface area contributed by atoms with Gasteiger partial charge in [0.15, 0.2) is 10.9 Å². The Morgan fingerprint density at radius 3 is 2.50 bits per heavy atom. The zero-order valence-corrected chi connectivity index (χ0v) is 17.4. The molecule has 0 N–H and O–H groups in total. The van der Waals surface area contributed by atoms with Gasteiger partial charge < -0.3 is 19.3 Å². The lowest BCUT2D eigenvalue weighted by Gasteiger charge is -2.37. The van der Waals surface area contributed by atoms with Gasteiger partial charge in [0.25, 0.3) is 0 Å². The number of nitrogens with zero attached hydrogens (tertiary/aromatic N) is 4. The number of likely N-dealkylation sites (tertiary alicyclic amines) is 1. The third-order valence-corrected chi connectivity index (χ3v) is 5.73. The number of halogens is 1. The van der Waals surface area contributed by atoms with E-state index in [2.05, 4.69) is 23.1 Å². The molecule has 0 aromatic carbocycles. The van der Waals surface area contributed by atoms with Crippen molar-refractivity contribution in [3.8, 4) is 0 Å². The molecule has 1 spiro atoms. The zero-order valence-electron chi connectivity index (χ0n) is 15.8. The van der Waals surface area contributed by atoms with E-state index in [0.29, 0.717) is 68.4 Å². The Balaban J connectivity index is 1.57. The van der Waals surface area contributed by atoms with Gasteiger partial charge in [-0.2, -0.15) is 0 Å². The second-order valence-electron chi connectivity index (χ2n) is 6.59. The third kappa shape index (κ3) is 5.26. The molecule has 2 aliphatic rings. The molecular formula is C19H25ClN4O3S. The highest BCUT2D eigenvalue weighted by Gasteiger charge is 2.40. The lowest BCUT2D eigenvalue weighted by atomic mass is 10.0. The van der Waals surface area contributed by atoms with E-state index in [4.69, 9.17) is 21.1 Å². The highest BCUT2D eigenvalue weighted by atomic mass is 35.5. The molecule has 3 rings (SSSR count). The van der Waals surface area contributed by atoms with Crippen molar-refractivity contribution in [3.05, 3.63) is 36.5 Å². The summed E-state index contributed by atoms with van der Waals surface area (Å²) < 4.78 is 11.4. The Hall–Kier alpha value is -1.61. The van der Waals surface area contributed by atoms with Crippen LogP contribution in [-0.2, 0) is 14.3 Å². The lowest BCUT2D eigenvalue weighted by molar-refractivity contribution is -0.186. The highest BCUT2D eigenvalue weighted by molar-refractivity contribution is 7.99. The van der Waals surface area contributed by atoms with E-state index in [1.165, 1.54) is 11.8 Å². The van der Waals surface area contributed by atoms with Crippen LogP contribution in [-0.4, -0.2) is 71.7 Å². The van der Waals surface area contributed by atoms with E-state index in [-0.39, 0.29) is 11.7 Å². The number of ether oxygens (including phenoxy) is 2. The summed E-state index contributed by atoms with van der Waals surface area (Å²) in [4.78, 5) is 25.2. The predicted octanol–water partition coefficient (Wildman–Crippen LogP) is 2.77. The van der Waals surface area contributed by atoms with Gasteiger partial charge in [0.2, 0.25) is 5.91 Å². The van der Waals surface area contributed by atoms with Gasteiger partial charge in [-0.1, -0.05) is 35.5 Å². The molecule has 9 heteroatoms. The lowest BCUT2D eigenvalue weighted by Crippen LogP contribution is -2.47. The molecule has 0 radical (unpaired) electrons. The van der Waals surface area contributed by atoms with E-state index < -0.39 is 5.79 Å². The van der Waals surface area contributed by atoms with Crippen molar-refractivity contribution >= 4 is 35.1 Å². The topological polar surface area (TPSA) is 67.8 Å². The van der Waals surface area contributed by atoms with Crippen molar-refractivity contribution in [1.29, 1.82) is 0 Å². The van der Waals surface area contributed by atoms with Crippen LogP contribution in [0.5, 0.6) is 0 Å². The fraction of sp³-hybridized carbons (Fsp3) is 0.526. The average Bonchev–Trinajstić information content (AvgIpc) is 3.14. The van der Waals surface area contributed by atoms with Crippen LogP contribution in [0.2, 0.25) is 5.15 Å². The minimum absolute atomic E-state index is 0.0528. The number of carbonyl (C=O) groups excluding carboxylic acids is 1. The van der Waals surface area contributed by atoms with Crippen LogP contribution in [0, 0.1) is 0 Å². The molecule has 1 aromatic rings.